The zero-order valence-corrected chi connectivity index (χ0v) is 16.4. The molecule has 9 nitrogen and oxygen atoms in total. The van der Waals surface area contributed by atoms with Crippen molar-refractivity contribution in [3.8, 4) is 0 Å². The molecule has 2 aromatic rings. The van der Waals surface area contributed by atoms with Gasteiger partial charge in [0.2, 0.25) is 10.0 Å². The zero-order valence-electron chi connectivity index (χ0n) is 14.8. The van der Waals surface area contributed by atoms with Gasteiger partial charge in [0, 0.05) is 31.8 Å². The number of hydrogen-bond acceptors (Lipinski definition) is 6. The van der Waals surface area contributed by atoms with Crippen molar-refractivity contribution in [2.45, 2.75) is 11.4 Å². The van der Waals surface area contributed by atoms with Gasteiger partial charge < -0.3 is 10.1 Å². The minimum Gasteiger partial charge on any atom is -0.383 e. The molecule has 2 aromatic carbocycles. The first-order chi connectivity index (χ1) is 13.2. The van der Waals surface area contributed by atoms with Gasteiger partial charge in [0.1, 0.15) is 5.02 Å². The molecule has 11 heteroatoms. The molecule has 0 spiro atoms. The number of amides is 1. The number of sulfonamides is 1. The van der Waals surface area contributed by atoms with Crippen LogP contribution in [-0.4, -0.2) is 39.5 Å². The molecule has 0 saturated heterocycles. The fraction of sp³-hybridized carbons (Fsp3) is 0.235. The van der Waals surface area contributed by atoms with Gasteiger partial charge in [0.05, 0.1) is 16.4 Å². The molecule has 0 fully saturated rings. The van der Waals surface area contributed by atoms with Crippen LogP contribution in [0.15, 0.2) is 47.4 Å². The van der Waals surface area contributed by atoms with Crippen LogP contribution < -0.4 is 10.0 Å². The number of nitrogens with zero attached hydrogens (tertiary/aromatic N) is 1. The monoisotopic (exact) mass is 427 g/mol. The van der Waals surface area contributed by atoms with Crippen molar-refractivity contribution >= 4 is 33.2 Å². The SMILES string of the molecule is COCCNS(=O)(=O)c1ccc(CNC(=O)c2ccc(Cl)c([N+](=O)[O-])c2)cc1. The van der Waals surface area contributed by atoms with E-state index in [-0.39, 0.29) is 40.9 Å². The van der Waals surface area contributed by atoms with Gasteiger partial charge in [-0.3, -0.25) is 14.9 Å². The van der Waals surface area contributed by atoms with Crippen molar-refractivity contribution in [1.29, 1.82) is 0 Å². The summed E-state index contributed by atoms with van der Waals surface area (Å²) in [6.45, 7) is 0.531. The standard InChI is InChI=1S/C17H18ClN3O6S/c1-27-9-8-20-28(25,26)14-5-2-12(3-6-14)11-19-17(22)13-4-7-15(18)16(10-13)21(23)24/h2-7,10,20H,8-9,11H2,1H3,(H,19,22). The molecule has 2 N–H and O–H groups in total. The highest BCUT2D eigenvalue weighted by atomic mass is 35.5. The molecule has 0 unspecified atom stereocenters. The Bertz CT molecular complexity index is 963. The van der Waals surface area contributed by atoms with Crippen LogP contribution in [0.25, 0.3) is 0 Å². The summed E-state index contributed by atoms with van der Waals surface area (Å²) in [6, 6.07) is 9.73. The first-order valence-corrected chi connectivity index (χ1v) is 9.90. The molecule has 0 aliphatic rings. The van der Waals surface area contributed by atoms with Crippen LogP contribution in [-0.2, 0) is 21.3 Å². The molecule has 0 bridgehead atoms. The van der Waals surface area contributed by atoms with Gasteiger partial charge in [0.25, 0.3) is 11.6 Å². The van der Waals surface area contributed by atoms with Crippen molar-refractivity contribution in [1.82, 2.24) is 10.0 Å². The topological polar surface area (TPSA) is 128 Å². The molecule has 0 atom stereocenters. The molecular formula is C17H18ClN3O6S. The Kier molecular flexibility index (Phi) is 7.46. The Balaban J connectivity index is 2.00. The smallest absolute Gasteiger partial charge is 0.288 e. The molecule has 2 rings (SSSR count). The van der Waals surface area contributed by atoms with Gasteiger partial charge in [-0.1, -0.05) is 23.7 Å². The molecular weight excluding hydrogens is 410 g/mol. The number of ether oxygens (including phenoxy) is 1. The first kappa shape index (κ1) is 21.8. The highest BCUT2D eigenvalue weighted by Gasteiger charge is 2.16. The van der Waals surface area contributed by atoms with Crippen LogP contribution in [0, 0.1) is 10.1 Å². The van der Waals surface area contributed by atoms with E-state index < -0.39 is 20.9 Å². The lowest BCUT2D eigenvalue weighted by molar-refractivity contribution is -0.384. The van der Waals surface area contributed by atoms with Crippen LogP contribution in [0.1, 0.15) is 15.9 Å². The van der Waals surface area contributed by atoms with Crippen molar-refractivity contribution in [2.24, 2.45) is 0 Å². The maximum absolute atomic E-state index is 12.2. The van der Waals surface area contributed by atoms with E-state index in [2.05, 4.69) is 10.0 Å². The summed E-state index contributed by atoms with van der Waals surface area (Å²) >= 11 is 5.73. The van der Waals surface area contributed by atoms with E-state index in [0.29, 0.717) is 5.56 Å². The molecule has 150 valence electrons. The maximum Gasteiger partial charge on any atom is 0.288 e. The summed E-state index contributed by atoms with van der Waals surface area (Å²) in [7, 11) is -2.16. The molecule has 28 heavy (non-hydrogen) atoms. The number of methoxy groups -OCH3 is 1. The largest absolute Gasteiger partial charge is 0.383 e. The van der Waals surface area contributed by atoms with E-state index >= 15 is 0 Å². The van der Waals surface area contributed by atoms with Gasteiger partial charge in [0.15, 0.2) is 0 Å². The third kappa shape index (κ3) is 5.73. The molecule has 0 aromatic heterocycles. The minimum atomic E-state index is -3.63. The molecule has 0 heterocycles. The number of benzene rings is 2. The fourth-order valence-electron chi connectivity index (χ4n) is 2.23. The van der Waals surface area contributed by atoms with E-state index in [9.17, 15) is 23.3 Å². The van der Waals surface area contributed by atoms with Gasteiger partial charge >= 0.3 is 0 Å². The fourth-order valence-corrected chi connectivity index (χ4v) is 3.43. The number of carbonyl (C=O) groups is 1. The summed E-state index contributed by atoms with van der Waals surface area (Å²) in [6.07, 6.45) is 0. The Morgan fingerprint density at radius 2 is 1.89 bits per heavy atom. The second-order valence-electron chi connectivity index (χ2n) is 5.64. The predicted octanol–water partition coefficient (Wildman–Crippen LogP) is 2.10. The average molecular weight is 428 g/mol. The summed E-state index contributed by atoms with van der Waals surface area (Å²) < 4.78 is 31.4. The molecule has 0 aliphatic carbocycles. The molecule has 0 saturated carbocycles. The lowest BCUT2D eigenvalue weighted by Gasteiger charge is -2.08. The first-order valence-electron chi connectivity index (χ1n) is 8.04. The number of carbonyl (C=O) groups excluding carboxylic acids is 1. The summed E-state index contributed by atoms with van der Waals surface area (Å²) in [4.78, 5) is 22.5. The lowest BCUT2D eigenvalue weighted by atomic mass is 10.1. The highest BCUT2D eigenvalue weighted by molar-refractivity contribution is 7.89. The molecule has 0 radical (unpaired) electrons. The van der Waals surface area contributed by atoms with Gasteiger partial charge in [-0.05, 0) is 29.8 Å². The highest BCUT2D eigenvalue weighted by Crippen LogP contribution is 2.25. The Labute approximate surface area is 166 Å². The van der Waals surface area contributed by atoms with E-state index in [4.69, 9.17) is 16.3 Å². The van der Waals surface area contributed by atoms with Crippen LogP contribution in [0.3, 0.4) is 0 Å². The number of nitro groups is 1. The number of halogens is 1. The number of nitro benzene ring substituents is 1. The minimum absolute atomic E-state index is 0.0579. The van der Waals surface area contributed by atoms with Crippen LogP contribution in [0.2, 0.25) is 5.02 Å². The van der Waals surface area contributed by atoms with Crippen molar-refractivity contribution in [3.05, 3.63) is 68.7 Å². The number of rotatable bonds is 9. The predicted molar refractivity (Wildman–Crippen MR) is 103 cm³/mol. The van der Waals surface area contributed by atoms with E-state index in [1.54, 1.807) is 12.1 Å². The van der Waals surface area contributed by atoms with Crippen molar-refractivity contribution in [2.75, 3.05) is 20.3 Å². The number of hydrogen-bond donors (Lipinski definition) is 2. The van der Waals surface area contributed by atoms with E-state index in [1.807, 2.05) is 0 Å². The third-order valence-corrected chi connectivity index (χ3v) is 5.49. The van der Waals surface area contributed by atoms with Gasteiger partial charge in [-0.2, -0.15) is 0 Å². The lowest BCUT2D eigenvalue weighted by Crippen LogP contribution is -2.27. The second-order valence-corrected chi connectivity index (χ2v) is 7.81. The Hall–Kier alpha value is -2.53. The number of nitrogens with one attached hydrogen (secondary N) is 2. The van der Waals surface area contributed by atoms with Crippen LogP contribution in [0.5, 0.6) is 0 Å². The van der Waals surface area contributed by atoms with Crippen molar-refractivity contribution in [3.63, 3.8) is 0 Å². The second kappa shape index (κ2) is 9.60. The summed E-state index contributed by atoms with van der Waals surface area (Å²) in [5, 5.41) is 13.5. The maximum atomic E-state index is 12.2. The van der Waals surface area contributed by atoms with Gasteiger partial charge in [-0.15, -0.1) is 0 Å². The van der Waals surface area contributed by atoms with E-state index in [0.717, 1.165) is 6.07 Å². The van der Waals surface area contributed by atoms with Crippen LogP contribution >= 0.6 is 11.6 Å². The molecule has 1 amide bonds. The summed E-state index contributed by atoms with van der Waals surface area (Å²) in [5.74, 6) is -0.516. The van der Waals surface area contributed by atoms with E-state index in [1.165, 1.54) is 31.4 Å². The third-order valence-electron chi connectivity index (χ3n) is 3.69. The zero-order chi connectivity index (χ0) is 20.7. The van der Waals surface area contributed by atoms with Crippen molar-refractivity contribution < 1.29 is 22.9 Å². The normalized spacial score (nSPS) is 11.2. The Morgan fingerprint density at radius 1 is 1.21 bits per heavy atom. The average Bonchev–Trinajstić information content (AvgIpc) is 2.66. The van der Waals surface area contributed by atoms with Crippen LogP contribution in [0.4, 0.5) is 5.69 Å². The summed E-state index contributed by atoms with van der Waals surface area (Å²) in [5.41, 5.74) is 0.398. The quantitative estimate of drug-likeness (QED) is 0.358. The molecule has 0 aliphatic heterocycles. The van der Waals surface area contributed by atoms with Gasteiger partial charge in [-0.25, -0.2) is 13.1 Å². The Morgan fingerprint density at radius 3 is 2.50 bits per heavy atom.